The van der Waals surface area contributed by atoms with E-state index in [-0.39, 0.29) is 11.7 Å². The van der Waals surface area contributed by atoms with Gasteiger partial charge in [0.2, 0.25) is 5.91 Å². The summed E-state index contributed by atoms with van der Waals surface area (Å²) in [4.78, 5) is 19.3. The number of amides is 1. The first-order valence-electron chi connectivity index (χ1n) is 11.7. The Morgan fingerprint density at radius 2 is 1.59 bits per heavy atom. The third-order valence-corrected chi connectivity index (χ3v) is 6.89. The van der Waals surface area contributed by atoms with Crippen LogP contribution in [0.25, 0.3) is 0 Å². The number of piperidine rings is 1. The number of methoxy groups -OCH3 is 1. The first-order chi connectivity index (χ1) is 15.6. The minimum absolute atomic E-state index is 0.216. The highest BCUT2D eigenvalue weighted by Gasteiger charge is 2.25. The lowest BCUT2D eigenvalue weighted by Gasteiger charge is -2.38. The molecule has 2 aliphatic rings. The normalized spacial score (nSPS) is 18.1. The number of carbonyl (C=O) groups excluding carboxylic acids is 1. The summed E-state index contributed by atoms with van der Waals surface area (Å²) in [7, 11) is 1.70. The fraction of sp³-hybridized carbons (Fsp3) is 0.500. The first kappa shape index (κ1) is 22.6. The van der Waals surface area contributed by atoms with E-state index in [0.29, 0.717) is 6.54 Å². The zero-order valence-electron chi connectivity index (χ0n) is 19.0. The number of hydrogen-bond acceptors (Lipinski definition) is 4. The van der Waals surface area contributed by atoms with Gasteiger partial charge in [0.15, 0.2) is 0 Å². The van der Waals surface area contributed by atoms with Gasteiger partial charge in [0.1, 0.15) is 11.6 Å². The van der Waals surface area contributed by atoms with Gasteiger partial charge in [0.05, 0.1) is 13.7 Å². The predicted octanol–water partition coefficient (Wildman–Crippen LogP) is 3.83. The van der Waals surface area contributed by atoms with E-state index >= 15 is 0 Å². The summed E-state index contributed by atoms with van der Waals surface area (Å²) in [5.74, 6) is 1.67. The third kappa shape index (κ3) is 6.00. The molecule has 0 spiro atoms. The van der Waals surface area contributed by atoms with E-state index in [1.54, 1.807) is 7.11 Å². The van der Waals surface area contributed by atoms with E-state index in [4.69, 9.17) is 4.74 Å². The molecule has 0 radical (unpaired) electrons. The number of carbonyl (C=O) groups is 1. The molecule has 0 aromatic heterocycles. The second-order valence-electron chi connectivity index (χ2n) is 8.95. The van der Waals surface area contributed by atoms with Crippen LogP contribution >= 0.6 is 0 Å². The molecule has 0 aliphatic carbocycles. The molecule has 0 N–H and O–H groups in total. The molecule has 172 valence electrons. The zero-order valence-corrected chi connectivity index (χ0v) is 19.0. The van der Waals surface area contributed by atoms with Gasteiger partial charge >= 0.3 is 0 Å². The largest absolute Gasteiger partial charge is 0.497 e. The number of hydrogen-bond donors (Lipinski definition) is 0. The van der Waals surface area contributed by atoms with Gasteiger partial charge in [-0.05, 0) is 86.7 Å². The Balaban J connectivity index is 1.15. The number of anilines is 1. The Kier molecular flexibility index (Phi) is 7.63. The summed E-state index contributed by atoms with van der Waals surface area (Å²) >= 11 is 0. The van der Waals surface area contributed by atoms with Crippen LogP contribution in [-0.4, -0.2) is 68.6 Å². The monoisotopic (exact) mass is 439 g/mol. The van der Waals surface area contributed by atoms with E-state index in [2.05, 4.69) is 21.9 Å². The molecule has 5 nitrogen and oxygen atoms in total. The zero-order chi connectivity index (χ0) is 22.3. The van der Waals surface area contributed by atoms with Crippen molar-refractivity contribution in [3.05, 3.63) is 59.9 Å². The highest BCUT2D eigenvalue weighted by Crippen LogP contribution is 2.23. The molecule has 0 unspecified atom stereocenters. The highest BCUT2D eigenvalue weighted by molar-refractivity contribution is 5.78. The van der Waals surface area contributed by atoms with Crippen molar-refractivity contribution in [2.24, 2.45) is 5.92 Å². The topological polar surface area (TPSA) is 36.0 Å². The number of benzene rings is 2. The van der Waals surface area contributed by atoms with E-state index < -0.39 is 0 Å². The van der Waals surface area contributed by atoms with Crippen LogP contribution in [0.4, 0.5) is 10.1 Å². The minimum atomic E-state index is -0.216. The van der Waals surface area contributed by atoms with E-state index in [1.165, 1.54) is 37.0 Å². The molecule has 2 heterocycles. The molecule has 32 heavy (non-hydrogen) atoms. The summed E-state index contributed by atoms with van der Waals surface area (Å²) in [6.45, 7) is 5.60. The van der Waals surface area contributed by atoms with Gasteiger partial charge in [0.25, 0.3) is 0 Å². The van der Waals surface area contributed by atoms with E-state index in [1.807, 2.05) is 29.2 Å². The fourth-order valence-corrected chi connectivity index (χ4v) is 4.75. The summed E-state index contributed by atoms with van der Waals surface area (Å²) in [5, 5.41) is 0. The summed E-state index contributed by atoms with van der Waals surface area (Å²) < 4.78 is 18.4. The van der Waals surface area contributed by atoms with Gasteiger partial charge in [-0.2, -0.15) is 0 Å². The molecule has 4 rings (SSSR count). The van der Waals surface area contributed by atoms with Crippen molar-refractivity contribution >= 4 is 11.6 Å². The van der Waals surface area contributed by atoms with Crippen LogP contribution in [0.2, 0.25) is 0 Å². The SMILES string of the molecule is COc1ccc(CCC2CCN(CC(=O)N3CCN(c4ccc(F)cc4)CC3)CC2)cc1. The Bertz CT molecular complexity index is 856. The Hall–Kier alpha value is -2.60. The third-order valence-electron chi connectivity index (χ3n) is 6.89. The summed E-state index contributed by atoms with van der Waals surface area (Å²) in [6, 6.07) is 15.0. The second kappa shape index (κ2) is 10.8. The molecular formula is C26H34FN3O2. The van der Waals surface area contributed by atoms with Crippen molar-refractivity contribution in [1.29, 1.82) is 0 Å². The number of aryl methyl sites for hydroxylation is 1. The molecule has 0 bridgehead atoms. The molecular weight excluding hydrogens is 405 g/mol. The average molecular weight is 440 g/mol. The smallest absolute Gasteiger partial charge is 0.236 e. The van der Waals surface area contributed by atoms with Gasteiger partial charge in [-0.1, -0.05) is 12.1 Å². The van der Waals surface area contributed by atoms with Crippen LogP contribution in [0.1, 0.15) is 24.8 Å². The van der Waals surface area contributed by atoms with Gasteiger partial charge in [0, 0.05) is 31.9 Å². The average Bonchev–Trinajstić information content (AvgIpc) is 2.84. The first-order valence-corrected chi connectivity index (χ1v) is 11.7. The maximum atomic E-state index is 13.1. The molecule has 2 aliphatic heterocycles. The fourth-order valence-electron chi connectivity index (χ4n) is 4.75. The van der Waals surface area contributed by atoms with Gasteiger partial charge in [-0.25, -0.2) is 4.39 Å². The number of nitrogens with zero attached hydrogens (tertiary/aromatic N) is 3. The molecule has 2 aromatic rings. The Morgan fingerprint density at radius 1 is 0.938 bits per heavy atom. The van der Waals surface area contributed by atoms with Crippen LogP contribution in [0.15, 0.2) is 48.5 Å². The molecule has 0 saturated carbocycles. The number of ether oxygens (including phenoxy) is 1. The van der Waals surface area contributed by atoms with Crippen LogP contribution in [0.5, 0.6) is 5.75 Å². The van der Waals surface area contributed by atoms with E-state index in [0.717, 1.165) is 63.0 Å². The van der Waals surface area contributed by atoms with Crippen LogP contribution < -0.4 is 9.64 Å². The van der Waals surface area contributed by atoms with Crippen molar-refractivity contribution < 1.29 is 13.9 Å². The van der Waals surface area contributed by atoms with Gasteiger partial charge < -0.3 is 14.5 Å². The van der Waals surface area contributed by atoms with Crippen LogP contribution in [0.3, 0.4) is 0 Å². The maximum Gasteiger partial charge on any atom is 0.236 e. The predicted molar refractivity (Wildman–Crippen MR) is 126 cm³/mol. The molecule has 2 saturated heterocycles. The standard InChI is InChI=1S/C26H34FN3O2/c1-32-25-10-4-21(5-11-25)2-3-22-12-14-28(15-13-22)20-26(31)30-18-16-29(17-19-30)24-8-6-23(27)7-9-24/h4-11,22H,2-3,12-20H2,1H3. The highest BCUT2D eigenvalue weighted by atomic mass is 19.1. The number of halogens is 1. The van der Waals surface area contributed by atoms with Crippen LogP contribution in [0, 0.1) is 11.7 Å². The molecule has 2 fully saturated rings. The van der Waals surface area contributed by atoms with Crippen molar-refractivity contribution in [2.75, 3.05) is 57.8 Å². The summed E-state index contributed by atoms with van der Waals surface area (Å²) in [5.41, 5.74) is 2.39. The van der Waals surface area contributed by atoms with E-state index in [9.17, 15) is 9.18 Å². The Morgan fingerprint density at radius 3 is 2.22 bits per heavy atom. The minimum Gasteiger partial charge on any atom is -0.497 e. The second-order valence-corrected chi connectivity index (χ2v) is 8.95. The number of rotatable bonds is 7. The van der Waals surface area contributed by atoms with Crippen molar-refractivity contribution in [2.45, 2.75) is 25.7 Å². The van der Waals surface area contributed by atoms with Crippen LogP contribution in [-0.2, 0) is 11.2 Å². The quantitative estimate of drug-likeness (QED) is 0.657. The molecule has 0 atom stereocenters. The lowest BCUT2D eigenvalue weighted by atomic mass is 9.90. The molecule has 2 aromatic carbocycles. The number of likely N-dealkylation sites (tertiary alicyclic amines) is 1. The Labute approximate surface area is 190 Å². The lowest BCUT2D eigenvalue weighted by molar-refractivity contribution is -0.133. The van der Waals surface area contributed by atoms with Crippen molar-refractivity contribution in [3.63, 3.8) is 0 Å². The van der Waals surface area contributed by atoms with Gasteiger partial charge in [-0.3, -0.25) is 9.69 Å². The van der Waals surface area contributed by atoms with Gasteiger partial charge in [-0.15, -0.1) is 0 Å². The van der Waals surface area contributed by atoms with Crippen molar-refractivity contribution in [3.8, 4) is 5.75 Å². The molecule has 6 heteroatoms. The summed E-state index contributed by atoms with van der Waals surface area (Å²) in [6.07, 6.45) is 4.65. The molecule has 1 amide bonds. The number of piperazine rings is 1. The maximum absolute atomic E-state index is 13.1. The lowest BCUT2D eigenvalue weighted by Crippen LogP contribution is -2.52. The van der Waals surface area contributed by atoms with Crippen molar-refractivity contribution in [1.82, 2.24) is 9.80 Å².